The van der Waals surface area contributed by atoms with Crippen LogP contribution in [0.25, 0.3) is 0 Å². The van der Waals surface area contributed by atoms with Gasteiger partial charge >= 0.3 is 0 Å². The van der Waals surface area contributed by atoms with Crippen LogP contribution in [0.2, 0.25) is 0 Å². The molecule has 3 N–H and O–H groups in total. The molecule has 1 aliphatic rings. The molecule has 0 aliphatic heterocycles. The van der Waals surface area contributed by atoms with Crippen LogP contribution >= 0.6 is 0 Å². The molecule has 1 amide bonds. The Bertz CT molecular complexity index is 535. The predicted molar refractivity (Wildman–Crippen MR) is 69.5 cm³/mol. The van der Waals surface area contributed by atoms with Gasteiger partial charge in [0, 0.05) is 0 Å². The molecule has 20 heavy (non-hydrogen) atoms. The molecule has 2 unspecified atom stereocenters. The average Bonchev–Trinajstić information content (AvgIpc) is 2.39. The van der Waals surface area contributed by atoms with E-state index >= 15 is 0 Å². The molecule has 1 aromatic rings. The topological polar surface area (TPSA) is 55.1 Å². The summed E-state index contributed by atoms with van der Waals surface area (Å²) >= 11 is 0. The number of benzene rings is 1. The lowest BCUT2D eigenvalue weighted by molar-refractivity contribution is -0.122. The highest BCUT2D eigenvalue weighted by Gasteiger charge is 2.38. The maximum atomic E-state index is 13.5. The van der Waals surface area contributed by atoms with E-state index in [-0.39, 0.29) is 0 Å². The number of halogens is 3. The summed E-state index contributed by atoms with van der Waals surface area (Å²) in [4.78, 5) is 12.2. The lowest BCUT2D eigenvalue weighted by atomic mass is 9.76. The predicted octanol–water partition coefficient (Wildman–Crippen LogP) is 2.95. The van der Waals surface area contributed by atoms with Crippen LogP contribution in [0.5, 0.6) is 0 Å². The standard InChI is InChI=1S/C14H17F3N2O/c1-8-3-2-6-14(18,7-8)13(20)19-10-5-4-9(15)11(16)12(10)17/h4-5,8H,2-3,6-7,18H2,1H3,(H,19,20). The number of amides is 1. The van der Waals surface area contributed by atoms with Gasteiger partial charge < -0.3 is 11.1 Å². The van der Waals surface area contributed by atoms with Crippen molar-refractivity contribution in [1.29, 1.82) is 0 Å². The van der Waals surface area contributed by atoms with Gasteiger partial charge in [0.25, 0.3) is 0 Å². The molecule has 0 aromatic heterocycles. The Kier molecular flexibility index (Phi) is 4.04. The minimum absolute atomic E-state index is 0.300. The summed E-state index contributed by atoms with van der Waals surface area (Å²) in [5, 5.41) is 2.26. The number of carbonyl (C=O) groups excluding carboxylic acids is 1. The summed E-state index contributed by atoms with van der Waals surface area (Å²) in [6, 6.07) is 1.75. The minimum atomic E-state index is -1.61. The van der Waals surface area contributed by atoms with E-state index in [4.69, 9.17) is 5.73 Å². The molecule has 1 fully saturated rings. The smallest absolute Gasteiger partial charge is 0.244 e. The van der Waals surface area contributed by atoms with Gasteiger partial charge in [0.2, 0.25) is 5.91 Å². The third kappa shape index (κ3) is 2.80. The van der Waals surface area contributed by atoms with Crippen molar-refractivity contribution in [2.24, 2.45) is 11.7 Å². The Morgan fingerprint density at radius 1 is 1.35 bits per heavy atom. The fraction of sp³-hybridized carbons (Fsp3) is 0.500. The van der Waals surface area contributed by atoms with E-state index in [1.165, 1.54) is 0 Å². The van der Waals surface area contributed by atoms with Gasteiger partial charge in [-0.05, 0) is 30.9 Å². The highest BCUT2D eigenvalue weighted by atomic mass is 19.2. The maximum Gasteiger partial charge on any atom is 0.244 e. The number of nitrogens with two attached hydrogens (primary N) is 1. The van der Waals surface area contributed by atoms with Crippen LogP contribution < -0.4 is 11.1 Å². The van der Waals surface area contributed by atoms with Crippen molar-refractivity contribution in [3.8, 4) is 0 Å². The molecule has 3 nitrogen and oxygen atoms in total. The number of nitrogens with one attached hydrogen (secondary N) is 1. The third-order valence-electron chi connectivity index (χ3n) is 3.77. The van der Waals surface area contributed by atoms with Crippen molar-refractivity contribution in [3.63, 3.8) is 0 Å². The van der Waals surface area contributed by atoms with Crippen LogP contribution in [0.15, 0.2) is 12.1 Å². The molecule has 6 heteroatoms. The highest BCUT2D eigenvalue weighted by Crippen LogP contribution is 2.31. The fourth-order valence-electron chi connectivity index (χ4n) is 2.67. The van der Waals surface area contributed by atoms with Gasteiger partial charge in [-0.3, -0.25) is 4.79 Å². The Morgan fingerprint density at radius 2 is 2.05 bits per heavy atom. The van der Waals surface area contributed by atoms with Crippen molar-refractivity contribution >= 4 is 11.6 Å². The first-order chi connectivity index (χ1) is 9.33. The number of carbonyl (C=O) groups is 1. The van der Waals surface area contributed by atoms with Gasteiger partial charge in [0.05, 0.1) is 11.2 Å². The Morgan fingerprint density at radius 3 is 2.70 bits per heavy atom. The van der Waals surface area contributed by atoms with E-state index in [9.17, 15) is 18.0 Å². The molecule has 2 atom stereocenters. The zero-order valence-electron chi connectivity index (χ0n) is 11.2. The maximum absolute atomic E-state index is 13.5. The third-order valence-corrected chi connectivity index (χ3v) is 3.77. The van der Waals surface area contributed by atoms with E-state index in [2.05, 4.69) is 5.32 Å². The van der Waals surface area contributed by atoms with Crippen molar-refractivity contribution in [1.82, 2.24) is 0 Å². The van der Waals surface area contributed by atoms with Crippen LogP contribution in [-0.4, -0.2) is 11.4 Å². The fourth-order valence-corrected chi connectivity index (χ4v) is 2.67. The quantitative estimate of drug-likeness (QED) is 0.821. The SMILES string of the molecule is CC1CCCC(N)(C(=O)Nc2ccc(F)c(F)c2F)C1. The van der Waals surface area contributed by atoms with Gasteiger partial charge in [-0.25, -0.2) is 13.2 Å². The number of anilines is 1. The second-order valence-corrected chi connectivity index (χ2v) is 5.53. The van der Waals surface area contributed by atoms with Crippen LogP contribution in [0.3, 0.4) is 0 Å². The monoisotopic (exact) mass is 286 g/mol. The van der Waals surface area contributed by atoms with Gasteiger partial charge in [-0.1, -0.05) is 19.8 Å². The van der Waals surface area contributed by atoms with Crippen LogP contribution in [-0.2, 0) is 4.79 Å². The molecule has 110 valence electrons. The Balaban J connectivity index is 2.18. The first-order valence-corrected chi connectivity index (χ1v) is 6.57. The molecule has 2 rings (SSSR count). The largest absolute Gasteiger partial charge is 0.322 e. The first-order valence-electron chi connectivity index (χ1n) is 6.57. The summed E-state index contributed by atoms with van der Waals surface area (Å²) < 4.78 is 39.5. The zero-order chi connectivity index (χ0) is 14.9. The van der Waals surface area contributed by atoms with E-state index in [0.29, 0.717) is 18.8 Å². The van der Waals surface area contributed by atoms with Crippen LogP contribution in [0.4, 0.5) is 18.9 Å². The summed E-state index contributed by atoms with van der Waals surface area (Å²) in [5.74, 6) is -4.57. The molecule has 0 bridgehead atoms. The lowest BCUT2D eigenvalue weighted by Gasteiger charge is -2.35. The second kappa shape index (κ2) is 5.44. The molecular weight excluding hydrogens is 269 g/mol. The average molecular weight is 286 g/mol. The Hall–Kier alpha value is -1.56. The summed E-state index contributed by atoms with van der Waals surface area (Å²) in [7, 11) is 0. The molecule has 0 saturated heterocycles. The van der Waals surface area contributed by atoms with Crippen molar-refractivity contribution in [2.75, 3.05) is 5.32 Å². The van der Waals surface area contributed by atoms with E-state index in [1.807, 2.05) is 6.92 Å². The molecule has 1 saturated carbocycles. The van der Waals surface area contributed by atoms with E-state index in [1.54, 1.807) is 0 Å². The number of hydrogen-bond acceptors (Lipinski definition) is 2. The van der Waals surface area contributed by atoms with Gasteiger partial charge in [0.15, 0.2) is 17.5 Å². The molecule has 0 radical (unpaired) electrons. The minimum Gasteiger partial charge on any atom is -0.322 e. The molecule has 1 aliphatic carbocycles. The Labute approximate surface area is 115 Å². The van der Waals surface area contributed by atoms with Crippen molar-refractivity contribution in [2.45, 2.75) is 38.1 Å². The zero-order valence-corrected chi connectivity index (χ0v) is 11.2. The normalized spacial score (nSPS) is 26.4. The number of hydrogen-bond donors (Lipinski definition) is 2. The molecule has 1 aromatic carbocycles. The lowest BCUT2D eigenvalue weighted by Crippen LogP contribution is -2.53. The van der Waals surface area contributed by atoms with Crippen LogP contribution in [0.1, 0.15) is 32.6 Å². The van der Waals surface area contributed by atoms with Crippen molar-refractivity contribution < 1.29 is 18.0 Å². The van der Waals surface area contributed by atoms with Crippen molar-refractivity contribution in [3.05, 3.63) is 29.6 Å². The van der Waals surface area contributed by atoms with Gasteiger partial charge in [-0.15, -0.1) is 0 Å². The molecular formula is C14H17F3N2O. The number of rotatable bonds is 2. The highest BCUT2D eigenvalue weighted by molar-refractivity contribution is 5.98. The molecule has 0 heterocycles. The van der Waals surface area contributed by atoms with Gasteiger partial charge in [-0.2, -0.15) is 0 Å². The molecule has 0 spiro atoms. The van der Waals surface area contributed by atoms with E-state index in [0.717, 1.165) is 25.0 Å². The second-order valence-electron chi connectivity index (χ2n) is 5.53. The van der Waals surface area contributed by atoms with Gasteiger partial charge in [0.1, 0.15) is 0 Å². The first kappa shape index (κ1) is 14.8. The summed E-state index contributed by atoms with van der Waals surface area (Å²) in [6.45, 7) is 1.99. The summed E-state index contributed by atoms with van der Waals surface area (Å²) in [5.41, 5.74) is 4.58. The van der Waals surface area contributed by atoms with E-state index < -0.39 is 34.6 Å². The summed E-state index contributed by atoms with van der Waals surface area (Å²) in [6.07, 6.45) is 2.79. The van der Waals surface area contributed by atoms with Crippen LogP contribution in [0, 0.1) is 23.4 Å².